The van der Waals surface area contributed by atoms with E-state index in [1.807, 2.05) is 13.8 Å². The van der Waals surface area contributed by atoms with Crippen molar-refractivity contribution in [1.29, 1.82) is 0 Å². The molecule has 1 aromatic heterocycles. The maximum absolute atomic E-state index is 6.05. The Balaban J connectivity index is 0.000000300. The second-order valence-electron chi connectivity index (χ2n) is 9.50. The average Bonchev–Trinajstić information content (AvgIpc) is 2.80. The number of anilines is 1. The SMILES string of the molecule is CC1(C)Oc2ncnc(N)c2N=C1c1ccc(C2CCCCC2)cc1.CN1CCNCC1. The first-order valence-electron chi connectivity index (χ1n) is 11.8. The van der Waals surface area contributed by atoms with Crippen LogP contribution in [0.2, 0.25) is 0 Å². The number of rotatable bonds is 2. The van der Waals surface area contributed by atoms with Crippen molar-refractivity contribution in [1.82, 2.24) is 20.2 Å². The molecule has 0 unspecified atom stereocenters. The van der Waals surface area contributed by atoms with Crippen LogP contribution in [-0.4, -0.2) is 59.4 Å². The van der Waals surface area contributed by atoms with Crippen LogP contribution < -0.4 is 15.8 Å². The number of aromatic nitrogens is 2. The summed E-state index contributed by atoms with van der Waals surface area (Å²) >= 11 is 0. The van der Waals surface area contributed by atoms with Crippen molar-refractivity contribution in [3.8, 4) is 5.88 Å². The van der Waals surface area contributed by atoms with Crippen molar-refractivity contribution in [3.63, 3.8) is 0 Å². The van der Waals surface area contributed by atoms with E-state index in [1.165, 1.54) is 57.1 Å². The maximum atomic E-state index is 6.05. The lowest BCUT2D eigenvalue weighted by molar-refractivity contribution is 0.171. The number of piperazine rings is 1. The predicted octanol–water partition coefficient (Wildman–Crippen LogP) is 3.92. The topological polar surface area (TPSA) is 88.7 Å². The van der Waals surface area contributed by atoms with Gasteiger partial charge in [-0.25, -0.2) is 9.98 Å². The number of aliphatic imine (C=N–C) groups is 1. The monoisotopic (exact) mass is 436 g/mol. The van der Waals surface area contributed by atoms with Gasteiger partial charge in [0.15, 0.2) is 11.5 Å². The maximum Gasteiger partial charge on any atom is 0.246 e. The second-order valence-corrected chi connectivity index (χ2v) is 9.50. The summed E-state index contributed by atoms with van der Waals surface area (Å²) in [5.41, 5.74) is 9.25. The number of benzene rings is 1. The van der Waals surface area contributed by atoms with Gasteiger partial charge in [0.2, 0.25) is 5.88 Å². The molecule has 172 valence electrons. The molecule has 1 saturated heterocycles. The molecular formula is C25H36N6O. The van der Waals surface area contributed by atoms with Gasteiger partial charge < -0.3 is 20.7 Å². The van der Waals surface area contributed by atoms with Crippen LogP contribution >= 0.6 is 0 Å². The molecule has 0 spiro atoms. The molecule has 5 rings (SSSR count). The molecule has 32 heavy (non-hydrogen) atoms. The number of hydrogen-bond acceptors (Lipinski definition) is 7. The summed E-state index contributed by atoms with van der Waals surface area (Å²) in [5.74, 6) is 1.49. The predicted molar refractivity (Wildman–Crippen MR) is 130 cm³/mol. The highest BCUT2D eigenvalue weighted by Crippen LogP contribution is 2.39. The number of ether oxygens (including phenoxy) is 1. The summed E-state index contributed by atoms with van der Waals surface area (Å²) in [5, 5.41) is 3.27. The van der Waals surface area contributed by atoms with E-state index in [9.17, 15) is 0 Å². The van der Waals surface area contributed by atoms with Crippen molar-refractivity contribution in [3.05, 3.63) is 41.7 Å². The zero-order valence-corrected chi connectivity index (χ0v) is 19.6. The zero-order chi connectivity index (χ0) is 22.6. The fourth-order valence-corrected chi connectivity index (χ4v) is 4.63. The van der Waals surface area contributed by atoms with Gasteiger partial charge in [0.05, 0.1) is 5.71 Å². The number of nitrogens with one attached hydrogen (secondary N) is 1. The van der Waals surface area contributed by atoms with Gasteiger partial charge in [0.25, 0.3) is 0 Å². The lowest BCUT2D eigenvalue weighted by atomic mass is 9.83. The van der Waals surface area contributed by atoms with E-state index < -0.39 is 5.60 Å². The standard InChI is InChI=1S/C20H24N4O.C5H12N2/c1-20(2)17(24-16-18(21)22-12-23-19(16)25-20)15-10-8-14(9-11-15)13-6-4-3-5-7-13;1-7-4-2-6-3-5-7/h8-13H,3-7H2,1-2H3,(H2,21,22,23);6H,2-5H2,1H3. The molecule has 3 N–H and O–H groups in total. The third-order valence-electron chi connectivity index (χ3n) is 6.56. The third kappa shape index (κ3) is 5.27. The van der Waals surface area contributed by atoms with Crippen molar-refractivity contribution in [2.45, 2.75) is 57.5 Å². The summed E-state index contributed by atoms with van der Waals surface area (Å²) in [6.45, 7) is 8.75. The van der Waals surface area contributed by atoms with Crippen LogP contribution in [-0.2, 0) is 0 Å². The largest absolute Gasteiger partial charge is 0.463 e. The minimum absolute atomic E-state index is 0.344. The van der Waals surface area contributed by atoms with Crippen LogP contribution in [0.1, 0.15) is 63.0 Å². The normalized spacial score (nSPS) is 20.9. The van der Waals surface area contributed by atoms with Gasteiger partial charge in [0, 0.05) is 31.7 Å². The molecule has 3 heterocycles. The molecule has 7 nitrogen and oxygen atoms in total. The lowest BCUT2D eigenvalue weighted by Crippen LogP contribution is -2.41. The minimum atomic E-state index is -0.569. The summed E-state index contributed by atoms with van der Waals surface area (Å²) < 4.78 is 6.05. The summed E-state index contributed by atoms with van der Waals surface area (Å²) in [6, 6.07) is 8.78. The van der Waals surface area contributed by atoms with Gasteiger partial charge >= 0.3 is 0 Å². The molecule has 1 aromatic carbocycles. The Morgan fingerprint density at radius 3 is 2.34 bits per heavy atom. The number of hydrogen-bond donors (Lipinski definition) is 2. The molecule has 0 bridgehead atoms. The molecule has 0 amide bonds. The van der Waals surface area contributed by atoms with Crippen molar-refractivity contribution in [2.24, 2.45) is 4.99 Å². The molecule has 0 atom stereocenters. The Labute approximate surface area is 191 Å². The number of likely N-dealkylation sites (N-methyl/N-ethyl adjacent to an activating group) is 1. The van der Waals surface area contributed by atoms with E-state index in [0.29, 0.717) is 23.3 Å². The number of nitrogens with zero attached hydrogens (tertiary/aromatic N) is 4. The number of nitrogens with two attached hydrogens (primary N) is 1. The Hall–Kier alpha value is -2.51. The molecular weight excluding hydrogens is 400 g/mol. The number of nitrogen functional groups attached to an aromatic ring is 1. The highest BCUT2D eigenvalue weighted by Gasteiger charge is 2.35. The molecule has 3 aliphatic rings. The molecule has 1 aliphatic carbocycles. The number of fused-ring (bicyclic) bond motifs is 1. The van der Waals surface area contributed by atoms with Gasteiger partial charge in [0.1, 0.15) is 11.9 Å². The van der Waals surface area contributed by atoms with Crippen LogP contribution in [0, 0.1) is 0 Å². The zero-order valence-electron chi connectivity index (χ0n) is 19.6. The molecule has 7 heteroatoms. The Kier molecular flexibility index (Phi) is 7.06. The van der Waals surface area contributed by atoms with Gasteiger partial charge in [-0.2, -0.15) is 4.98 Å². The van der Waals surface area contributed by atoms with Gasteiger partial charge in [-0.15, -0.1) is 0 Å². The Morgan fingerprint density at radius 1 is 1.03 bits per heavy atom. The first-order chi connectivity index (χ1) is 15.4. The fraction of sp³-hybridized carbons (Fsp3) is 0.560. The molecule has 0 radical (unpaired) electrons. The first-order valence-corrected chi connectivity index (χ1v) is 11.8. The molecule has 1 saturated carbocycles. The van der Waals surface area contributed by atoms with Crippen LogP contribution in [0.25, 0.3) is 0 Å². The fourth-order valence-electron chi connectivity index (χ4n) is 4.63. The van der Waals surface area contributed by atoms with Gasteiger partial charge in [-0.05, 0) is 45.2 Å². The van der Waals surface area contributed by atoms with E-state index in [2.05, 4.69) is 51.5 Å². The molecule has 2 aliphatic heterocycles. The highest BCUT2D eigenvalue weighted by molar-refractivity contribution is 6.09. The van der Waals surface area contributed by atoms with Crippen molar-refractivity contribution in [2.75, 3.05) is 39.0 Å². The molecule has 2 fully saturated rings. The minimum Gasteiger partial charge on any atom is -0.463 e. The average molecular weight is 437 g/mol. The third-order valence-corrected chi connectivity index (χ3v) is 6.56. The van der Waals surface area contributed by atoms with Crippen molar-refractivity contribution >= 4 is 17.2 Å². The van der Waals surface area contributed by atoms with Crippen LogP contribution in [0.3, 0.4) is 0 Å². The van der Waals surface area contributed by atoms with Crippen LogP contribution in [0.15, 0.2) is 35.6 Å². The quantitative estimate of drug-likeness (QED) is 0.742. The summed E-state index contributed by atoms with van der Waals surface area (Å²) in [6.07, 6.45) is 8.07. The van der Waals surface area contributed by atoms with E-state index in [-0.39, 0.29) is 0 Å². The van der Waals surface area contributed by atoms with Gasteiger partial charge in [-0.1, -0.05) is 43.5 Å². The second kappa shape index (κ2) is 9.96. The summed E-state index contributed by atoms with van der Waals surface area (Å²) in [4.78, 5) is 15.3. The van der Waals surface area contributed by atoms with Gasteiger partial charge in [-0.3, -0.25) is 0 Å². The van der Waals surface area contributed by atoms with Crippen LogP contribution in [0.4, 0.5) is 11.5 Å². The van der Waals surface area contributed by atoms with Crippen LogP contribution in [0.5, 0.6) is 5.88 Å². The van der Waals surface area contributed by atoms with E-state index >= 15 is 0 Å². The Morgan fingerprint density at radius 2 is 1.72 bits per heavy atom. The summed E-state index contributed by atoms with van der Waals surface area (Å²) in [7, 11) is 2.15. The smallest absolute Gasteiger partial charge is 0.246 e. The highest BCUT2D eigenvalue weighted by atomic mass is 16.5. The van der Waals surface area contributed by atoms with E-state index in [4.69, 9.17) is 15.5 Å². The van der Waals surface area contributed by atoms with E-state index in [1.54, 1.807) is 0 Å². The van der Waals surface area contributed by atoms with E-state index in [0.717, 1.165) is 24.4 Å². The Bertz CT molecular complexity index is 928. The van der Waals surface area contributed by atoms with Crippen molar-refractivity contribution < 1.29 is 4.74 Å². The first kappa shape index (κ1) is 22.7. The molecule has 2 aromatic rings. The lowest BCUT2D eigenvalue weighted by Gasteiger charge is -2.32.